The molecule has 1 aliphatic heterocycles. The van der Waals surface area contributed by atoms with E-state index < -0.39 is 0 Å². The van der Waals surface area contributed by atoms with Crippen LogP contribution in [0.25, 0.3) is 0 Å². The molecule has 0 atom stereocenters. The minimum absolute atomic E-state index is 0.266. The van der Waals surface area contributed by atoms with Gasteiger partial charge in [-0.2, -0.15) is 0 Å². The van der Waals surface area contributed by atoms with Crippen molar-refractivity contribution >= 4 is 0 Å². The lowest BCUT2D eigenvalue weighted by atomic mass is 9.69. The SMILES string of the molecule is CCCN1C(C)(C)CC(c2ccc(C3CCC(C4CCC(OC)CC4)CC3)cc2)CC1(C)C. The van der Waals surface area contributed by atoms with Gasteiger partial charge in [0.15, 0.2) is 0 Å². The van der Waals surface area contributed by atoms with Gasteiger partial charge in [0.25, 0.3) is 0 Å². The summed E-state index contributed by atoms with van der Waals surface area (Å²) in [4.78, 5) is 2.77. The van der Waals surface area contributed by atoms with Crippen LogP contribution >= 0.6 is 0 Å². The summed E-state index contributed by atoms with van der Waals surface area (Å²) in [5.74, 6) is 3.39. The number of piperidine rings is 1. The van der Waals surface area contributed by atoms with Gasteiger partial charge in [-0.1, -0.05) is 31.2 Å². The van der Waals surface area contributed by atoms with E-state index >= 15 is 0 Å². The second kappa shape index (κ2) is 10.4. The van der Waals surface area contributed by atoms with Gasteiger partial charge in [0.2, 0.25) is 0 Å². The van der Waals surface area contributed by atoms with Crippen molar-refractivity contribution in [1.82, 2.24) is 4.90 Å². The summed E-state index contributed by atoms with van der Waals surface area (Å²) in [6, 6.07) is 9.95. The van der Waals surface area contributed by atoms with Crippen LogP contribution in [0.3, 0.4) is 0 Å². The average Bonchev–Trinajstić information content (AvgIpc) is 2.81. The first-order valence-corrected chi connectivity index (χ1v) is 14.1. The van der Waals surface area contributed by atoms with Gasteiger partial charge in [-0.15, -0.1) is 0 Å². The van der Waals surface area contributed by atoms with Crippen LogP contribution in [0, 0.1) is 11.8 Å². The topological polar surface area (TPSA) is 12.5 Å². The van der Waals surface area contributed by atoms with E-state index in [0.29, 0.717) is 12.0 Å². The predicted molar refractivity (Wildman–Crippen MR) is 141 cm³/mol. The van der Waals surface area contributed by atoms with Crippen molar-refractivity contribution in [3.05, 3.63) is 35.4 Å². The maximum Gasteiger partial charge on any atom is 0.0571 e. The molecule has 33 heavy (non-hydrogen) atoms. The van der Waals surface area contributed by atoms with Gasteiger partial charge >= 0.3 is 0 Å². The fourth-order valence-corrected chi connectivity index (χ4v) is 8.14. The summed E-state index contributed by atoms with van der Waals surface area (Å²) >= 11 is 0. The molecule has 1 aromatic carbocycles. The quantitative estimate of drug-likeness (QED) is 0.429. The van der Waals surface area contributed by atoms with E-state index in [9.17, 15) is 0 Å². The summed E-state index contributed by atoms with van der Waals surface area (Å²) < 4.78 is 5.59. The molecule has 0 N–H and O–H groups in total. The average molecular weight is 454 g/mol. The monoisotopic (exact) mass is 453 g/mol. The molecule has 2 nitrogen and oxygen atoms in total. The minimum Gasteiger partial charge on any atom is -0.381 e. The molecule has 1 aromatic rings. The Labute approximate surface area is 204 Å². The van der Waals surface area contributed by atoms with E-state index in [2.05, 4.69) is 63.8 Å². The van der Waals surface area contributed by atoms with Crippen molar-refractivity contribution < 1.29 is 4.74 Å². The van der Waals surface area contributed by atoms with Crippen LogP contribution in [-0.4, -0.2) is 35.7 Å². The van der Waals surface area contributed by atoms with Crippen molar-refractivity contribution in [2.75, 3.05) is 13.7 Å². The maximum absolute atomic E-state index is 5.59. The number of likely N-dealkylation sites (tertiary alicyclic amines) is 1. The highest BCUT2D eigenvalue weighted by atomic mass is 16.5. The summed E-state index contributed by atoms with van der Waals surface area (Å²) in [7, 11) is 1.89. The molecule has 0 radical (unpaired) electrons. The standard InChI is InChI=1S/C31H51NO/c1-7-20-32-30(2,3)21-28(22-31(32,4)5)27-14-12-24(13-15-27)23-8-10-25(11-9-23)26-16-18-29(33-6)19-17-26/h12-15,23,25-26,28-29H,7-11,16-22H2,1-6H3. The Bertz CT molecular complexity index is 717. The molecule has 1 heterocycles. The molecule has 0 amide bonds. The highest BCUT2D eigenvalue weighted by molar-refractivity contribution is 5.29. The zero-order chi connectivity index (χ0) is 23.6. The highest BCUT2D eigenvalue weighted by Gasteiger charge is 2.45. The molecule has 2 aliphatic carbocycles. The van der Waals surface area contributed by atoms with Gasteiger partial charge in [-0.25, -0.2) is 0 Å². The van der Waals surface area contributed by atoms with Crippen molar-refractivity contribution in [3.8, 4) is 0 Å². The first kappa shape index (κ1) is 25.2. The highest BCUT2D eigenvalue weighted by Crippen LogP contribution is 2.47. The zero-order valence-corrected chi connectivity index (χ0v) is 22.5. The molecule has 186 valence electrons. The Morgan fingerprint density at radius 1 is 0.727 bits per heavy atom. The lowest BCUT2D eigenvalue weighted by Crippen LogP contribution is -2.60. The Morgan fingerprint density at radius 3 is 1.64 bits per heavy atom. The lowest BCUT2D eigenvalue weighted by molar-refractivity contribution is -0.0358. The van der Waals surface area contributed by atoms with Gasteiger partial charge < -0.3 is 4.74 Å². The summed E-state index contributed by atoms with van der Waals surface area (Å²) in [5, 5.41) is 0. The number of ether oxygens (including phenoxy) is 1. The molecule has 0 bridgehead atoms. The number of nitrogens with zero attached hydrogens (tertiary/aromatic N) is 1. The predicted octanol–water partition coefficient (Wildman–Crippen LogP) is 8.31. The molecule has 0 aromatic heterocycles. The van der Waals surface area contributed by atoms with Crippen molar-refractivity contribution in [2.24, 2.45) is 11.8 Å². The first-order valence-electron chi connectivity index (χ1n) is 14.1. The van der Waals surface area contributed by atoms with E-state index in [-0.39, 0.29) is 11.1 Å². The van der Waals surface area contributed by atoms with Crippen LogP contribution < -0.4 is 0 Å². The molecule has 3 fully saturated rings. The van der Waals surface area contributed by atoms with E-state index in [1.54, 1.807) is 11.1 Å². The fraction of sp³-hybridized carbons (Fsp3) is 0.806. The molecular formula is C31H51NO. The molecule has 0 spiro atoms. The largest absolute Gasteiger partial charge is 0.381 e. The molecule has 3 aliphatic rings. The molecular weight excluding hydrogens is 402 g/mol. The van der Waals surface area contributed by atoms with Gasteiger partial charge in [0, 0.05) is 18.2 Å². The van der Waals surface area contributed by atoms with E-state index in [0.717, 1.165) is 17.8 Å². The van der Waals surface area contributed by atoms with E-state index in [1.165, 1.54) is 77.2 Å². The van der Waals surface area contributed by atoms with Crippen LogP contribution in [0.15, 0.2) is 24.3 Å². The Balaban J connectivity index is 1.34. The lowest BCUT2D eigenvalue weighted by Gasteiger charge is -2.55. The third kappa shape index (κ3) is 5.69. The van der Waals surface area contributed by atoms with Crippen LogP contribution in [0.1, 0.15) is 128 Å². The molecule has 0 unspecified atom stereocenters. The molecule has 2 saturated carbocycles. The number of hydrogen-bond acceptors (Lipinski definition) is 2. The third-order valence-corrected chi connectivity index (χ3v) is 9.77. The number of benzene rings is 1. The van der Waals surface area contributed by atoms with Gasteiger partial charge in [-0.05, 0) is 140 Å². The van der Waals surface area contributed by atoms with E-state index in [4.69, 9.17) is 4.74 Å². The number of rotatable bonds is 6. The van der Waals surface area contributed by atoms with Gasteiger partial charge in [-0.3, -0.25) is 4.90 Å². The second-order valence-corrected chi connectivity index (χ2v) is 12.9. The Morgan fingerprint density at radius 2 is 1.18 bits per heavy atom. The van der Waals surface area contributed by atoms with Crippen molar-refractivity contribution in [3.63, 3.8) is 0 Å². The zero-order valence-electron chi connectivity index (χ0n) is 22.5. The van der Waals surface area contributed by atoms with Crippen molar-refractivity contribution in [1.29, 1.82) is 0 Å². The van der Waals surface area contributed by atoms with Crippen molar-refractivity contribution in [2.45, 2.75) is 134 Å². The molecule has 1 saturated heterocycles. The smallest absolute Gasteiger partial charge is 0.0571 e. The Hall–Kier alpha value is -0.860. The van der Waals surface area contributed by atoms with Gasteiger partial charge in [0.05, 0.1) is 6.10 Å². The summed E-state index contributed by atoms with van der Waals surface area (Å²) in [6.07, 6.45) is 15.3. The molecule has 2 heteroatoms. The molecule has 4 rings (SSSR count). The normalized spacial score (nSPS) is 33.2. The van der Waals surface area contributed by atoms with Gasteiger partial charge in [0.1, 0.15) is 0 Å². The van der Waals surface area contributed by atoms with E-state index in [1.807, 2.05) is 7.11 Å². The minimum atomic E-state index is 0.266. The first-order chi connectivity index (χ1) is 15.7. The maximum atomic E-state index is 5.59. The van der Waals surface area contributed by atoms with Crippen LogP contribution in [-0.2, 0) is 4.74 Å². The van der Waals surface area contributed by atoms with Crippen LogP contribution in [0.2, 0.25) is 0 Å². The third-order valence-electron chi connectivity index (χ3n) is 9.77. The van der Waals surface area contributed by atoms with Crippen LogP contribution in [0.5, 0.6) is 0 Å². The second-order valence-electron chi connectivity index (χ2n) is 12.9. The number of methoxy groups -OCH3 is 1. The summed E-state index contributed by atoms with van der Waals surface area (Å²) in [5.41, 5.74) is 3.70. The summed E-state index contributed by atoms with van der Waals surface area (Å²) in [6.45, 7) is 13.4. The number of hydrogen-bond donors (Lipinski definition) is 0. The fourth-order valence-electron chi connectivity index (χ4n) is 8.14. The van der Waals surface area contributed by atoms with Crippen LogP contribution in [0.4, 0.5) is 0 Å². The Kier molecular flexibility index (Phi) is 7.96.